The second-order valence-electron chi connectivity index (χ2n) is 4.34. The van der Waals surface area contributed by atoms with Crippen molar-refractivity contribution < 1.29 is 18.0 Å². The Hall–Kier alpha value is -1.49. The Kier molecular flexibility index (Phi) is 3.58. The number of allylic oxidation sites excluding steroid dienone is 1. The van der Waals surface area contributed by atoms with Gasteiger partial charge in [0.25, 0.3) is 5.91 Å². The number of halogens is 4. The summed E-state index contributed by atoms with van der Waals surface area (Å²) in [6.07, 6.45) is -4.67. The Morgan fingerprint density at radius 1 is 1.37 bits per heavy atom. The highest BCUT2D eigenvalue weighted by atomic mass is 35.5. The summed E-state index contributed by atoms with van der Waals surface area (Å²) >= 11 is 5.25. The third-order valence-corrected chi connectivity index (χ3v) is 3.36. The molecule has 1 aromatic rings. The zero-order chi connectivity index (χ0) is 14.2. The van der Waals surface area contributed by atoms with Crippen molar-refractivity contribution in [2.24, 2.45) is 0 Å². The highest BCUT2D eigenvalue weighted by Gasteiger charge is 2.40. The van der Waals surface area contributed by atoms with Gasteiger partial charge in [-0.1, -0.05) is 23.7 Å². The van der Waals surface area contributed by atoms with Gasteiger partial charge in [-0.25, -0.2) is 0 Å². The normalized spacial score (nSPS) is 19.0. The lowest BCUT2D eigenvalue weighted by Crippen LogP contribution is -2.25. The van der Waals surface area contributed by atoms with Crippen LogP contribution in [0, 0.1) is 6.92 Å². The zero-order valence-corrected chi connectivity index (χ0v) is 10.8. The number of carbonyl (C=O) groups excluding carboxylic acids is 1. The number of hydrogen-bond donors (Lipinski definition) is 0. The number of alkyl halides is 3. The van der Waals surface area contributed by atoms with Gasteiger partial charge in [-0.05, 0) is 31.0 Å². The molecular formula is C13H11ClF3NO. The molecule has 0 radical (unpaired) electrons. The van der Waals surface area contributed by atoms with E-state index in [1.807, 2.05) is 13.0 Å². The van der Waals surface area contributed by atoms with Gasteiger partial charge in [0, 0.05) is 17.8 Å². The molecule has 1 heterocycles. The quantitative estimate of drug-likeness (QED) is 0.720. The molecule has 1 amide bonds. The Morgan fingerprint density at radius 3 is 2.63 bits per heavy atom. The average Bonchev–Trinajstić information content (AvgIpc) is 2.69. The van der Waals surface area contributed by atoms with Gasteiger partial charge in [-0.15, -0.1) is 0 Å². The van der Waals surface area contributed by atoms with Gasteiger partial charge >= 0.3 is 6.18 Å². The zero-order valence-electron chi connectivity index (χ0n) is 10.1. The number of carbonyl (C=O) groups is 1. The van der Waals surface area contributed by atoms with Crippen LogP contribution in [0.3, 0.4) is 0 Å². The molecule has 0 aliphatic carbocycles. The molecule has 0 aromatic heterocycles. The minimum Gasteiger partial charge on any atom is -0.308 e. The third-order valence-electron chi connectivity index (χ3n) is 2.92. The van der Waals surface area contributed by atoms with E-state index in [1.165, 1.54) is 4.90 Å². The van der Waals surface area contributed by atoms with Crippen molar-refractivity contribution in [2.75, 3.05) is 11.4 Å². The van der Waals surface area contributed by atoms with Crippen LogP contribution in [0.2, 0.25) is 0 Å². The maximum absolute atomic E-state index is 12.5. The van der Waals surface area contributed by atoms with E-state index in [0.717, 1.165) is 5.56 Å². The van der Waals surface area contributed by atoms with Gasteiger partial charge in [0.1, 0.15) is 5.03 Å². The fourth-order valence-corrected chi connectivity index (χ4v) is 2.19. The molecule has 0 N–H and O–H groups in total. The second kappa shape index (κ2) is 4.89. The average molecular weight is 290 g/mol. The Bertz CT molecular complexity index is 551. The van der Waals surface area contributed by atoms with Crippen LogP contribution in [0.15, 0.2) is 34.9 Å². The van der Waals surface area contributed by atoms with Crippen LogP contribution in [0.5, 0.6) is 0 Å². The SMILES string of the molecule is Cc1cccc(N2CC/C(=C(/Cl)C(F)(F)F)C2=O)c1. The number of aryl methyl sites for hydroxylation is 1. The first-order valence-corrected chi connectivity index (χ1v) is 6.03. The molecule has 0 spiro atoms. The van der Waals surface area contributed by atoms with Crippen molar-refractivity contribution in [3.63, 3.8) is 0 Å². The van der Waals surface area contributed by atoms with Gasteiger partial charge in [0.15, 0.2) is 0 Å². The lowest BCUT2D eigenvalue weighted by Gasteiger charge is -2.16. The molecule has 1 aliphatic heterocycles. The molecule has 2 rings (SSSR count). The van der Waals surface area contributed by atoms with Gasteiger partial charge in [0.2, 0.25) is 0 Å². The van der Waals surface area contributed by atoms with Crippen LogP contribution >= 0.6 is 11.6 Å². The number of nitrogens with zero attached hydrogens (tertiary/aromatic N) is 1. The van der Waals surface area contributed by atoms with Crippen molar-refractivity contribution in [3.8, 4) is 0 Å². The molecule has 1 aliphatic rings. The lowest BCUT2D eigenvalue weighted by atomic mass is 10.2. The standard InChI is InChI=1S/C13H11ClF3NO/c1-8-3-2-4-9(7-8)18-6-5-10(12(18)19)11(14)13(15,16)17/h2-4,7H,5-6H2,1H3/b11-10-. The van der Waals surface area contributed by atoms with Crippen molar-refractivity contribution in [3.05, 3.63) is 40.4 Å². The molecule has 1 fully saturated rings. The molecule has 1 saturated heterocycles. The predicted molar refractivity (Wildman–Crippen MR) is 67.1 cm³/mol. The Morgan fingerprint density at radius 2 is 2.05 bits per heavy atom. The van der Waals surface area contributed by atoms with E-state index in [-0.39, 0.29) is 18.5 Å². The number of rotatable bonds is 1. The Balaban J connectivity index is 2.33. The first-order valence-electron chi connectivity index (χ1n) is 5.65. The van der Waals surface area contributed by atoms with Crippen molar-refractivity contribution in [2.45, 2.75) is 19.5 Å². The summed E-state index contributed by atoms with van der Waals surface area (Å²) in [5.74, 6) is -0.673. The van der Waals surface area contributed by atoms with Crippen molar-refractivity contribution >= 4 is 23.2 Å². The van der Waals surface area contributed by atoms with Crippen LogP contribution < -0.4 is 4.90 Å². The van der Waals surface area contributed by atoms with E-state index in [9.17, 15) is 18.0 Å². The van der Waals surface area contributed by atoms with E-state index >= 15 is 0 Å². The molecule has 0 saturated carbocycles. The molecule has 19 heavy (non-hydrogen) atoms. The Labute approximate surface area is 113 Å². The highest BCUT2D eigenvalue weighted by molar-refractivity contribution is 6.33. The summed E-state index contributed by atoms with van der Waals surface area (Å²) < 4.78 is 37.5. The van der Waals surface area contributed by atoms with E-state index in [2.05, 4.69) is 0 Å². The highest BCUT2D eigenvalue weighted by Crippen LogP contribution is 2.36. The summed E-state index contributed by atoms with van der Waals surface area (Å²) in [6.45, 7) is 2.06. The molecule has 0 atom stereocenters. The topological polar surface area (TPSA) is 20.3 Å². The summed E-state index contributed by atoms with van der Waals surface area (Å²) in [4.78, 5) is 13.3. The lowest BCUT2D eigenvalue weighted by molar-refractivity contribution is -0.115. The number of hydrogen-bond acceptors (Lipinski definition) is 1. The van der Waals surface area contributed by atoms with E-state index in [0.29, 0.717) is 5.69 Å². The molecular weight excluding hydrogens is 279 g/mol. The molecule has 0 bridgehead atoms. The second-order valence-corrected chi connectivity index (χ2v) is 4.71. The minimum atomic E-state index is -4.67. The van der Waals surface area contributed by atoms with Gasteiger partial charge < -0.3 is 4.90 Å². The summed E-state index contributed by atoms with van der Waals surface area (Å²) in [7, 11) is 0. The van der Waals surface area contributed by atoms with E-state index in [1.54, 1.807) is 18.2 Å². The molecule has 0 unspecified atom stereocenters. The molecule has 1 aromatic carbocycles. The smallest absolute Gasteiger partial charge is 0.308 e. The number of anilines is 1. The monoisotopic (exact) mass is 289 g/mol. The van der Waals surface area contributed by atoms with Crippen LogP contribution in [0.1, 0.15) is 12.0 Å². The summed E-state index contributed by atoms with van der Waals surface area (Å²) in [6, 6.07) is 7.05. The fourth-order valence-electron chi connectivity index (χ4n) is 2.01. The molecule has 6 heteroatoms. The minimum absolute atomic E-state index is 0.00508. The predicted octanol–water partition coefficient (Wildman–Crippen LogP) is 3.79. The van der Waals surface area contributed by atoms with Gasteiger partial charge in [0.05, 0.1) is 0 Å². The van der Waals surface area contributed by atoms with E-state index < -0.39 is 17.1 Å². The summed E-state index contributed by atoms with van der Waals surface area (Å²) in [5, 5.41) is -1.31. The fraction of sp³-hybridized carbons (Fsp3) is 0.308. The van der Waals surface area contributed by atoms with Crippen LogP contribution in [0.4, 0.5) is 18.9 Å². The van der Waals surface area contributed by atoms with Crippen LogP contribution in [-0.2, 0) is 4.79 Å². The van der Waals surface area contributed by atoms with Crippen molar-refractivity contribution in [1.29, 1.82) is 0 Å². The van der Waals surface area contributed by atoms with Crippen LogP contribution in [0.25, 0.3) is 0 Å². The number of amides is 1. The largest absolute Gasteiger partial charge is 0.427 e. The molecule has 2 nitrogen and oxygen atoms in total. The van der Waals surface area contributed by atoms with Crippen molar-refractivity contribution in [1.82, 2.24) is 0 Å². The van der Waals surface area contributed by atoms with Gasteiger partial charge in [-0.2, -0.15) is 13.2 Å². The third kappa shape index (κ3) is 2.76. The molecule has 102 valence electrons. The first kappa shape index (κ1) is 13.9. The maximum Gasteiger partial charge on any atom is 0.427 e. The van der Waals surface area contributed by atoms with E-state index in [4.69, 9.17) is 11.6 Å². The summed E-state index contributed by atoms with van der Waals surface area (Å²) in [5.41, 5.74) is 1.16. The number of benzene rings is 1. The maximum atomic E-state index is 12.5. The van der Waals surface area contributed by atoms with Gasteiger partial charge in [-0.3, -0.25) is 4.79 Å². The van der Waals surface area contributed by atoms with Crippen LogP contribution in [-0.4, -0.2) is 18.6 Å². The first-order chi connectivity index (χ1) is 8.80.